The molecule has 0 fully saturated rings. The first-order chi connectivity index (χ1) is 11.0. The Morgan fingerprint density at radius 1 is 1.22 bits per heavy atom. The van der Waals surface area contributed by atoms with Gasteiger partial charge < -0.3 is 0 Å². The molecule has 1 atom stereocenters. The van der Waals surface area contributed by atoms with Gasteiger partial charge in [-0.05, 0) is 41.6 Å². The Morgan fingerprint density at radius 3 is 2.61 bits per heavy atom. The van der Waals surface area contributed by atoms with E-state index in [2.05, 4.69) is 15.5 Å². The van der Waals surface area contributed by atoms with E-state index >= 15 is 0 Å². The van der Waals surface area contributed by atoms with Gasteiger partial charge >= 0.3 is 0 Å². The van der Waals surface area contributed by atoms with Crippen molar-refractivity contribution in [2.24, 2.45) is 0 Å². The van der Waals surface area contributed by atoms with Crippen molar-refractivity contribution in [3.05, 3.63) is 57.5 Å². The summed E-state index contributed by atoms with van der Waals surface area (Å²) in [6.45, 7) is 1.59. The zero-order valence-corrected chi connectivity index (χ0v) is 14.5. The van der Waals surface area contributed by atoms with Gasteiger partial charge in [-0.3, -0.25) is 0 Å². The number of hydrogen-bond acceptors (Lipinski definition) is 6. The molecule has 0 radical (unpaired) electrons. The summed E-state index contributed by atoms with van der Waals surface area (Å²) in [5, 5.41) is 10.6. The van der Waals surface area contributed by atoms with Gasteiger partial charge in [0.15, 0.2) is 15.7 Å². The lowest BCUT2D eigenvalue weighted by Gasteiger charge is -2.12. The van der Waals surface area contributed by atoms with Gasteiger partial charge in [0.05, 0.1) is 15.8 Å². The van der Waals surface area contributed by atoms with Gasteiger partial charge in [-0.2, -0.15) is 4.68 Å². The van der Waals surface area contributed by atoms with Gasteiger partial charge in [0.2, 0.25) is 0 Å². The predicted molar refractivity (Wildman–Crippen MR) is 89.5 cm³/mol. The van der Waals surface area contributed by atoms with Gasteiger partial charge in [-0.25, -0.2) is 8.42 Å². The molecule has 0 aliphatic rings. The number of benzene rings is 1. The van der Waals surface area contributed by atoms with Crippen molar-refractivity contribution < 1.29 is 8.42 Å². The maximum Gasteiger partial charge on any atom is 0.174 e. The number of hydrogen-bond donors (Lipinski definition) is 0. The van der Waals surface area contributed by atoms with E-state index in [0.29, 0.717) is 20.7 Å². The molecule has 120 valence electrons. The fourth-order valence-corrected chi connectivity index (χ4v) is 4.94. The standard InChI is InChI=1S/C14H13ClN4O2S2/c1-10(23(20,21)9-12-7-8-13(15)22-12)14-16-17-18-19(14)11-5-3-2-4-6-11/h2-8,10H,9H2,1H3/t10-/m1/s1. The van der Waals surface area contributed by atoms with E-state index in [1.165, 1.54) is 16.0 Å². The molecule has 2 heterocycles. The monoisotopic (exact) mass is 368 g/mol. The molecule has 0 aliphatic heterocycles. The molecular weight excluding hydrogens is 356 g/mol. The summed E-state index contributed by atoms with van der Waals surface area (Å²) in [5.74, 6) is 0.201. The summed E-state index contributed by atoms with van der Waals surface area (Å²) >= 11 is 7.12. The first kappa shape index (κ1) is 16.1. The second-order valence-electron chi connectivity index (χ2n) is 4.94. The number of nitrogens with zero attached hydrogens (tertiary/aromatic N) is 4. The van der Waals surface area contributed by atoms with Gasteiger partial charge in [-0.15, -0.1) is 16.4 Å². The van der Waals surface area contributed by atoms with E-state index in [0.717, 1.165) is 0 Å². The van der Waals surface area contributed by atoms with Crippen LogP contribution in [0.2, 0.25) is 4.34 Å². The molecule has 6 nitrogen and oxygen atoms in total. The van der Waals surface area contributed by atoms with E-state index < -0.39 is 15.1 Å². The van der Waals surface area contributed by atoms with Crippen LogP contribution in [0, 0.1) is 0 Å². The average molecular weight is 369 g/mol. The molecule has 0 saturated carbocycles. The van der Waals surface area contributed by atoms with Crippen LogP contribution in [-0.2, 0) is 15.6 Å². The minimum atomic E-state index is -3.47. The van der Waals surface area contributed by atoms with Crippen LogP contribution in [0.15, 0.2) is 42.5 Å². The number of aromatic nitrogens is 4. The molecule has 9 heteroatoms. The molecule has 1 aromatic carbocycles. The van der Waals surface area contributed by atoms with Crippen LogP contribution in [0.3, 0.4) is 0 Å². The van der Waals surface area contributed by atoms with Crippen LogP contribution in [0.25, 0.3) is 5.69 Å². The minimum Gasteiger partial charge on any atom is -0.228 e. The molecule has 0 aliphatic carbocycles. The van der Waals surface area contributed by atoms with E-state index in [4.69, 9.17) is 11.6 Å². The van der Waals surface area contributed by atoms with Gasteiger partial charge in [-0.1, -0.05) is 29.8 Å². The fourth-order valence-electron chi connectivity index (χ4n) is 2.11. The number of para-hydroxylation sites is 1. The van der Waals surface area contributed by atoms with E-state index in [-0.39, 0.29) is 5.75 Å². The topological polar surface area (TPSA) is 77.7 Å². The van der Waals surface area contributed by atoms with Crippen molar-refractivity contribution in [3.8, 4) is 5.69 Å². The smallest absolute Gasteiger partial charge is 0.174 e. The summed E-state index contributed by atoms with van der Waals surface area (Å²) in [7, 11) is -3.47. The second-order valence-corrected chi connectivity index (χ2v) is 9.06. The Bertz CT molecular complexity index is 906. The SMILES string of the molecule is C[C@H](c1nnnn1-c1ccccc1)S(=O)(=O)Cc1ccc(Cl)s1. The molecule has 0 spiro atoms. The number of tetrazole rings is 1. The summed E-state index contributed by atoms with van der Waals surface area (Å²) in [6.07, 6.45) is 0. The van der Waals surface area contributed by atoms with Crippen molar-refractivity contribution in [1.29, 1.82) is 0 Å². The van der Waals surface area contributed by atoms with Gasteiger partial charge in [0.25, 0.3) is 0 Å². The van der Waals surface area contributed by atoms with Crippen LogP contribution in [0.1, 0.15) is 22.9 Å². The third-order valence-electron chi connectivity index (χ3n) is 3.37. The number of rotatable bonds is 5. The quantitative estimate of drug-likeness (QED) is 0.691. The summed E-state index contributed by atoms with van der Waals surface area (Å²) in [5.41, 5.74) is 0.716. The molecule has 0 unspecified atom stereocenters. The van der Waals surface area contributed by atoms with E-state index in [1.807, 2.05) is 30.3 Å². The summed E-state index contributed by atoms with van der Waals surface area (Å²) < 4.78 is 27.3. The van der Waals surface area contributed by atoms with Crippen molar-refractivity contribution in [2.45, 2.75) is 17.9 Å². The summed E-state index contributed by atoms with van der Waals surface area (Å²) in [4.78, 5) is 0.695. The zero-order valence-electron chi connectivity index (χ0n) is 12.1. The van der Waals surface area contributed by atoms with Gasteiger partial charge in [0, 0.05) is 4.88 Å². The maximum atomic E-state index is 12.6. The molecule has 2 aromatic heterocycles. The zero-order chi connectivity index (χ0) is 16.4. The normalized spacial score (nSPS) is 13.1. The van der Waals surface area contributed by atoms with Crippen LogP contribution >= 0.6 is 22.9 Å². The Balaban J connectivity index is 1.91. The van der Waals surface area contributed by atoms with Crippen molar-refractivity contribution >= 4 is 32.8 Å². The maximum absolute atomic E-state index is 12.6. The first-order valence-corrected chi connectivity index (χ1v) is 9.68. The van der Waals surface area contributed by atoms with E-state index in [1.54, 1.807) is 19.1 Å². The highest BCUT2D eigenvalue weighted by molar-refractivity contribution is 7.91. The largest absolute Gasteiger partial charge is 0.228 e. The molecule has 3 aromatic rings. The van der Waals surface area contributed by atoms with Crippen LogP contribution in [-0.4, -0.2) is 28.6 Å². The van der Waals surface area contributed by atoms with Crippen LogP contribution < -0.4 is 0 Å². The molecule has 0 saturated heterocycles. The highest BCUT2D eigenvalue weighted by Crippen LogP contribution is 2.29. The Labute approximate surface area is 142 Å². The Kier molecular flexibility index (Phi) is 4.47. The molecule has 0 bridgehead atoms. The second kappa shape index (κ2) is 6.38. The lowest BCUT2D eigenvalue weighted by Crippen LogP contribution is -2.17. The number of thiophene rings is 1. The molecular formula is C14H13ClN4O2S2. The highest BCUT2D eigenvalue weighted by atomic mass is 35.5. The molecule has 3 rings (SSSR count). The lowest BCUT2D eigenvalue weighted by molar-refractivity contribution is 0.580. The first-order valence-electron chi connectivity index (χ1n) is 6.77. The van der Waals surface area contributed by atoms with E-state index in [9.17, 15) is 8.42 Å². The molecule has 23 heavy (non-hydrogen) atoms. The third-order valence-corrected chi connectivity index (χ3v) is 6.78. The Hall–Kier alpha value is -1.77. The minimum absolute atomic E-state index is 0.0901. The fraction of sp³-hybridized carbons (Fsp3) is 0.214. The van der Waals surface area contributed by atoms with Crippen LogP contribution in [0.5, 0.6) is 0 Å². The molecule has 0 amide bonds. The predicted octanol–water partition coefficient (Wildman–Crippen LogP) is 3.05. The van der Waals surface area contributed by atoms with Crippen molar-refractivity contribution in [3.63, 3.8) is 0 Å². The summed E-state index contributed by atoms with van der Waals surface area (Å²) in [6, 6.07) is 12.6. The number of sulfone groups is 1. The average Bonchev–Trinajstić information content (AvgIpc) is 3.16. The van der Waals surface area contributed by atoms with Gasteiger partial charge in [0.1, 0.15) is 5.25 Å². The Morgan fingerprint density at radius 2 is 1.96 bits per heavy atom. The number of halogens is 1. The molecule has 0 N–H and O–H groups in total. The van der Waals surface area contributed by atoms with Crippen LogP contribution in [0.4, 0.5) is 0 Å². The lowest BCUT2D eigenvalue weighted by atomic mass is 10.3. The van der Waals surface area contributed by atoms with Crippen molar-refractivity contribution in [2.75, 3.05) is 0 Å². The highest BCUT2D eigenvalue weighted by Gasteiger charge is 2.29. The van der Waals surface area contributed by atoms with Crippen molar-refractivity contribution in [1.82, 2.24) is 20.2 Å². The third kappa shape index (κ3) is 3.44.